The number of halogens is 3. The molecule has 0 unspecified atom stereocenters. The normalized spacial score (nSPS) is 10.9. The molecule has 1 rings (SSSR count). The summed E-state index contributed by atoms with van der Waals surface area (Å²) >= 11 is 0. The van der Waals surface area contributed by atoms with Gasteiger partial charge in [-0.25, -0.2) is 0 Å². The van der Waals surface area contributed by atoms with Crippen LogP contribution in [0.4, 0.5) is 12.9 Å². The molecule has 0 radical (unpaired) electrons. The van der Waals surface area contributed by atoms with Crippen LogP contribution in [0, 0.1) is 6.92 Å². The first kappa shape index (κ1) is 14.7. The van der Waals surface area contributed by atoms with Crippen LogP contribution in [-0.2, 0) is 6.42 Å². The fourth-order valence-corrected chi connectivity index (χ4v) is 1.21. The first-order chi connectivity index (χ1) is 5.99. The third kappa shape index (κ3) is 5.56. The van der Waals surface area contributed by atoms with E-state index in [9.17, 15) is 12.9 Å². The minimum atomic E-state index is -4.64. The molecule has 0 aromatic heterocycles. The third-order valence-electron chi connectivity index (χ3n) is 2.00. The Hall–Kier alpha value is 0.711. The molecule has 0 heterocycles. The van der Waals surface area contributed by atoms with Gasteiger partial charge in [0.1, 0.15) is 0 Å². The van der Waals surface area contributed by atoms with Gasteiger partial charge in [0.15, 0.2) is 0 Å². The van der Waals surface area contributed by atoms with Crippen molar-refractivity contribution in [1.82, 2.24) is 0 Å². The summed E-state index contributed by atoms with van der Waals surface area (Å²) in [5, 5.41) is 0. The molecule has 0 spiro atoms. The van der Waals surface area contributed by atoms with Gasteiger partial charge in [0.2, 0.25) is 0 Å². The van der Waals surface area contributed by atoms with Crippen LogP contribution in [0.5, 0.6) is 0 Å². The molecule has 14 heavy (non-hydrogen) atoms. The third-order valence-corrected chi connectivity index (χ3v) is 2.00. The summed E-state index contributed by atoms with van der Waals surface area (Å²) in [7, 11) is 0. The molecular weight excluding hydrogens is 215 g/mol. The van der Waals surface area contributed by atoms with Gasteiger partial charge in [-0.15, -0.1) is 0 Å². The smallest absolute Gasteiger partial charge is 0.449 e. The van der Waals surface area contributed by atoms with E-state index in [1.54, 1.807) is 12.1 Å². The number of hydrogen-bond acceptors (Lipinski definition) is 0. The maximum atomic E-state index is 11.9. The Morgan fingerprint density at radius 2 is 1.71 bits per heavy atom. The van der Waals surface area contributed by atoms with E-state index >= 15 is 0 Å². The molecule has 0 amide bonds. The Morgan fingerprint density at radius 3 is 2.21 bits per heavy atom. The Morgan fingerprint density at radius 1 is 1.14 bits per heavy atom. The van der Waals surface area contributed by atoms with Crippen LogP contribution in [0.1, 0.15) is 11.1 Å². The Balaban J connectivity index is 0.00000169. The van der Waals surface area contributed by atoms with Crippen LogP contribution in [0.2, 0.25) is 6.32 Å². The zero-order chi connectivity index (χ0) is 9.90. The molecule has 0 saturated carbocycles. The number of rotatable bonds is 3. The molecule has 72 valence electrons. The predicted octanol–water partition coefficient (Wildman–Crippen LogP) is 0.389. The second kappa shape index (κ2) is 6.33. The predicted molar refractivity (Wildman–Crippen MR) is 48.8 cm³/mol. The topological polar surface area (TPSA) is 0 Å². The van der Waals surface area contributed by atoms with Crippen LogP contribution in [0.15, 0.2) is 24.3 Å². The van der Waals surface area contributed by atoms with Gasteiger partial charge < -0.3 is 12.9 Å². The van der Waals surface area contributed by atoms with Gasteiger partial charge in [0.25, 0.3) is 0 Å². The largest absolute Gasteiger partial charge is 1.00 e. The van der Waals surface area contributed by atoms with Gasteiger partial charge in [0.05, 0.1) is 0 Å². The molecule has 0 nitrogen and oxygen atoms in total. The van der Waals surface area contributed by atoms with Crippen molar-refractivity contribution in [3.05, 3.63) is 35.4 Å². The molecule has 5 heteroatoms. The Bertz CT molecular complexity index is 286. The van der Waals surface area contributed by atoms with Crippen LogP contribution in [-0.4, -0.2) is 6.98 Å². The van der Waals surface area contributed by atoms with Gasteiger partial charge >= 0.3 is 58.4 Å². The van der Waals surface area contributed by atoms with Crippen molar-refractivity contribution in [2.24, 2.45) is 0 Å². The molecule has 0 saturated heterocycles. The van der Waals surface area contributed by atoms with Crippen molar-refractivity contribution >= 4 is 6.98 Å². The van der Waals surface area contributed by atoms with E-state index in [0.29, 0.717) is 0 Å². The van der Waals surface area contributed by atoms with Crippen molar-refractivity contribution in [1.29, 1.82) is 0 Å². The number of hydrogen-bond donors (Lipinski definition) is 0. The van der Waals surface area contributed by atoms with Crippen molar-refractivity contribution in [2.45, 2.75) is 19.7 Å². The zero-order valence-electron chi connectivity index (χ0n) is 8.43. The van der Waals surface area contributed by atoms with E-state index in [0.717, 1.165) is 11.1 Å². The van der Waals surface area contributed by atoms with Crippen LogP contribution >= 0.6 is 0 Å². The minimum Gasteiger partial charge on any atom is -0.449 e. The van der Waals surface area contributed by atoms with Crippen LogP contribution < -0.4 is 51.4 Å². The second-order valence-corrected chi connectivity index (χ2v) is 3.18. The Labute approximate surface area is 125 Å². The maximum absolute atomic E-state index is 11.9. The van der Waals surface area contributed by atoms with Crippen LogP contribution in [0.25, 0.3) is 0 Å². The van der Waals surface area contributed by atoms with Gasteiger partial charge in [-0.3, -0.25) is 0 Å². The van der Waals surface area contributed by atoms with Crippen LogP contribution in [0.3, 0.4) is 0 Å². The number of benzene rings is 1. The maximum Gasteiger partial charge on any atom is 1.00 e. The van der Waals surface area contributed by atoms with Crippen molar-refractivity contribution < 1.29 is 64.3 Å². The monoisotopic (exact) mass is 226 g/mol. The fourth-order valence-electron chi connectivity index (χ4n) is 1.21. The first-order valence-corrected chi connectivity index (χ1v) is 4.24. The molecule has 0 aliphatic rings. The molecular formula is C9H11BF3K. The molecule has 0 atom stereocenters. The fraction of sp³-hybridized carbons (Fsp3) is 0.333. The summed E-state index contributed by atoms with van der Waals surface area (Å²) in [6.45, 7) is -2.81. The standard InChI is InChI=1S/C9H11BF3.K/c1-8-4-2-3-5-9(8)6-7-10(11,12)13;/h2-5H,6-7H2,1H3;/q-1;+1. The van der Waals surface area contributed by atoms with E-state index in [-0.39, 0.29) is 57.8 Å². The summed E-state index contributed by atoms with van der Waals surface area (Å²) in [6.07, 6.45) is -0.568. The SMILES string of the molecule is Cc1ccccc1CC[B-](F)(F)F.[K+]. The van der Waals surface area contributed by atoms with Crippen molar-refractivity contribution in [3.63, 3.8) is 0 Å². The van der Waals surface area contributed by atoms with Gasteiger partial charge in [-0.1, -0.05) is 37.0 Å². The molecule has 1 aromatic carbocycles. The molecule has 0 aliphatic carbocycles. The quantitative estimate of drug-likeness (QED) is 0.654. The second-order valence-electron chi connectivity index (χ2n) is 3.18. The molecule has 0 aliphatic heterocycles. The summed E-state index contributed by atoms with van der Waals surface area (Å²) in [6, 6.07) is 7.18. The van der Waals surface area contributed by atoms with E-state index in [2.05, 4.69) is 0 Å². The van der Waals surface area contributed by atoms with E-state index in [1.165, 1.54) is 0 Å². The summed E-state index contributed by atoms with van der Waals surface area (Å²) in [5.74, 6) is 0. The minimum absolute atomic E-state index is 0. The van der Waals surface area contributed by atoms with Crippen molar-refractivity contribution in [2.75, 3.05) is 0 Å². The van der Waals surface area contributed by atoms with Gasteiger partial charge in [-0.2, -0.15) is 0 Å². The van der Waals surface area contributed by atoms with Gasteiger partial charge in [-0.05, 0) is 18.1 Å². The Kier molecular flexibility index (Phi) is 6.65. The molecule has 0 fully saturated rings. The average Bonchev–Trinajstić information content (AvgIpc) is 2.01. The zero-order valence-corrected chi connectivity index (χ0v) is 11.6. The van der Waals surface area contributed by atoms with E-state index in [1.807, 2.05) is 19.1 Å². The van der Waals surface area contributed by atoms with Gasteiger partial charge in [0, 0.05) is 0 Å². The van der Waals surface area contributed by atoms with Crippen molar-refractivity contribution in [3.8, 4) is 0 Å². The molecule has 0 N–H and O–H groups in total. The summed E-state index contributed by atoms with van der Waals surface area (Å²) < 4.78 is 35.8. The average molecular weight is 226 g/mol. The summed E-state index contributed by atoms with van der Waals surface area (Å²) in [4.78, 5) is 0. The van der Waals surface area contributed by atoms with E-state index in [4.69, 9.17) is 0 Å². The first-order valence-electron chi connectivity index (χ1n) is 4.24. The van der Waals surface area contributed by atoms with E-state index < -0.39 is 13.3 Å². The molecule has 1 aromatic rings. The summed E-state index contributed by atoms with van der Waals surface area (Å²) in [5.41, 5.74) is 1.73. The molecule has 0 bridgehead atoms. The number of aryl methyl sites for hydroxylation is 2.